The first-order valence-corrected chi connectivity index (χ1v) is 4.90. The van der Waals surface area contributed by atoms with Crippen molar-refractivity contribution in [3.8, 4) is 0 Å². The molecule has 0 N–H and O–H groups in total. The number of fused-ring (bicyclic) bond motifs is 1. The van der Waals surface area contributed by atoms with E-state index in [2.05, 4.69) is 0 Å². The molecule has 2 rings (SSSR count). The zero-order chi connectivity index (χ0) is 10.1. The minimum absolute atomic E-state index is 0. The molecule has 0 aliphatic heterocycles. The number of para-hydroxylation sites is 1. The van der Waals surface area contributed by atoms with Crippen LogP contribution in [0.1, 0.15) is 5.56 Å². The maximum Gasteiger partial charge on any atom is 0.193 e. The second-order valence-corrected chi connectivity index (χ2v) is 3.51. The molecule has 0 unspecified atom stereocenters. The maximum absolute atomic E-state index is 11.8. The summed E-state index contributed by atoms with van der Waals surface area (Å²) in [5, 5.41) is 0.730. The molecule has 0 saturated carbocycles. The fraction of sp³-hybridized carbons (Fsp3) is 0.182. The molecule has 0 bridgehead atoms. The van der Waals surface area contributed by atoms with Crippen LogP contribution in [0.4, 0.5) is 0 Å². The third-order valence-corrected chi connectivity index (χ3v) is 2.60. The van der Waals surface area contributed by atoms with Crippen molar-refractivity contribution in [2.75, 3.05) is 0 Å². The minimum atomic E-state index is 0. The SMILES string of the molecule is Cl.Cn1cc(CCl)c(=O)c2ccccc21. The van der Waals surface area contributed by atoms with Crippen LogP contribution in [0.15, 0.2) is 35.3 Å². The lowest BCUT2D eigenvalue weighted by Crippen LogP contribution is -2.11. The molecular formula is C11H11Cl2NO. The van der Waals surface area contributed by atoms with Crippen LogP contribution in [0, 0.1) is 0 Å². The number of hydrogen-bond acceptors (Lipinski definition) is 1. The van der Waals surface area contributed by atoms with Crippen LogP contribution < -0.4 is 5.43 Å². The summed E-state index contributed by atoms with van der Waals surface area (Å²) >= 11 is 5.69. The topological polar surface area (TPSA) is 22.0 Å². The summed E-state index contributed by atoms with van der Waals surface area (Å²) in [4.78, 5) is 11.8. The lowest BCUT2D eigenvalue weighted by Gasteiger charge is -2.06. The summed E-state index contributed by atoms with van der Waals surface area (Å²) < 4.78 is 1.93. The summed E-state index contributed by atoms with van der Waals surface area (Å²) in [6, 6.07) is 7.53. The van der Waals surface area contributed by atoms with Crippen LogP contribution in [-0.2, 0) is 12.9 Å². The number of aromatic nitrogens is 1. The van der Waals surface area contributed by atoms with Crippen LogP contribution in [0.3, 0.4) is 0 Å². The summed E-state index contributed by atoms with van der Waals surface area (Å²) in [5.74, 6) is 0.261. The lowest BCUT2D eigenvalue weighted by atomic mass is 10.1. The van der Waals surface area contributed by atoms with Crippen molar-refractivity contribution < 1.29 is 0 Å². The average molecular weight is 244 g/mol. The van der Waals surface area contributed by atoms with Gasteiger partial charge in [-0.15, -0.1) is 24.0 Å². The second kappa shape index (κ2) is 4.69. The van der Waals surface area contributed by atoms with Gasteiger partial charge < -0.3 is 4.57 Å². The highest BCUT2D eigenvalue weighted by Gasteiger charge is 2.04. The van der Waals surface area contributed by atoms with Crippen molar-refractivity contribution >= 4 is 34.9 Å². The predicted molar refractivity (Wildman–Crippen MR) is 66.0 cm³/mol. The van der Waals surface area contributed by atoms with E-state index in [1.165, 1.54) is 0 Å². The second-order valence-electron chi connectivity index (χ2n) is 3.25. The Balaban J connectivity index is 0.00000112. The van der Waals surface area contributed by atoms with Crippen LogP contribution in [0.5, 0.6) is 0 Å². The summed E-state index contributed by atoms with van der Waals surface area (Å²) in [6.07, 6.45) is 1.79. The van der Waals surface area contributed by atoms with Gasteiger partial charge in [0.15, 0.2) is 5.43 Å². The molecule has 0 aliphatic carbocycles. The zero-order valence-electron chi connectivity index (χ0n) is 8.24. The van der Waals surface area contributed by atoms with Crippen LogP contribution in [0.25, 0.3) is 10.9 Å². The largest absolute Gasteiger partial charge is 0.350 e. The first kappa shape index (κ1) is 12.1. The van der Waals surface area contributed by atoms with Crippen LogP contribution >= 0.6 is 24.0 Å². The molecule has 15 heavy (non-hydrogen) atoms. The predicted octanol–water partition coefficient (Wildman–Crippen LogP) is 2.70. The number of alkyl halides is 1. The fourth-order valence-electron chi connectivity index (χ4n) is 1.60. The van der Waals surface area contributed by atoms with Crippen LogP contribution in [0.2, 0.25) is 0 Å². The smallest absolute Gasteiger partial charge is 0.193 e. The van der Waals surface area contributed by atoms with Gasteiger partial charge in [0.1, 0.15) is 0 Å². The van der Waals surface area contributed by atoms with Crippen LogP contribution in [-0.4, -0.2) is 4.57 Å². The molecule has 0 fully saturated rings. The van der Waals surface area contributed by atoms with E-state index in [9.17, 15) is 4.79 Å². The maximum atomic E-state index is 11.8. The Morgan fingerprint density at radius 2 is 2.00 bits per heavy atom. The van der Waals surface area contributed by atoms with E-state index >= 15 is 0 Å². The summed E-state index contributed by atoms with van der Waals surface area (Å²) in [5.41, 5.74) is 1.62. The Bertz CT molecular complexity index is 534. The number of benzene rings is 1. The van der Waals surface area contributed by atoms with Gasteiger partial charge in [-0.25, -0.2) is 0 Å². The lowest BCUT2D eigenvalue weighted by molar-refractivity contribution is 0.936. The molecule has 4 heteroatoms. The normalized spacial score (nSPS) is 10.0. The molecule has 0 saturated heterocycles. The van der Waals surface area contributed by atoms with E-state index in [-0.39, 0.29) is 23.7 Å². The molecule has 1 aromatic carbocycles. The molecule has 0 aliphatic rings. The zero-order valence-corrected chi connectivity index (χ0v) is 9.81. The summed E-state index contributed by atoms with van der Waals surface area (Å²) in [7, 11) is 1.91. The van der Waals surface area contributed by atoms with Gasteiger partial charge in [0.2, 0.25) is 0 Å². The van der Waals surface area contributed by atoms with Crippen molar-refractivity contribution in [3.63, 3.8) is 0 Å². The molecule has 1 heterocycles. The van der Waals surface area contributed by atoms with Gasteiger partial charge in [-0.05, 0) is 12.1 Å². The van der Waals surface area contributed by atoms with Crippen molar-refractivity contribution in [2.24, 2.45) is 7.05 Å². The highest BCUT2D eigenvalue weighted by Crippen LogP contribution is 2.10. The van der Waals surface area contributed by atoms with E-state index in [1.54, 1.807) is 6.20 Å². The molecule has 0 radical (unpaired) electrons. The van der Waals surface area contributed by atoms with Crippen molar-refractivity contribution in [2.45, 2.75) is 5.88 Å². The highest BCUT2D eigenvalue weighted by molar-refractivity contribution is 6.17. The molecule has 2 aromatic rings. The average Bonchev–Trinajstić information content (AvgIpc) is 2.23. The van der Waals surface area contributed by atoms with Gasteiger partial charge in [-0.1, -0.05) is 12.1 Å². The number of aryl methyl sites for hydroxylation is 1. The van der Waals surface area contributed by atoms with Gasteiger partial charge >= 0.3 is 0 Å². The van der Waals surface area contributed by atoms with E-state index < -0.39 is 0 Å². The molecule has 1 aromatic heterocycles. The Hall–Kier alpha value is -0.990. The Morgan fingerprint density at radius 3 is 2.67 bits per heavy atom. The highest BCUT2D eigenvalue weighted by atomic mass is 35.5. The molecule has 80 valence electrons. The van der Waals surface area contributed by atoms with Gasteiger partial charge in [0.05, 0.1) is 11.4 Å². The van der Waals surface area contributed by atoms with E-state index in [4.69, 9.17) is 11.6 Å². The molecule has 0 atom stereocenters. The number of halogens is 2. The molecule has 0 amide bonds. The van der Waals surface area contributed by atoms with E-state index in [0.29, 0.717) is 5.56 Å². The molecular weight excluding hydrogens is 233 g/mol. The monoisotopic (exact) mass is 243 g/mol. The van der Waals surface area contributed by atoms with Crippen molar-refractivity contribution in [1.29, 1.82) is 0 Å². The fourth-order valence-corrected chi connectivity index (χ4v) is 1.79. The Labute approximate surface area is 98.9 Å². The number of pyridine rings is 1. The standard InChI is InChI=1S/C11H10ClNO.ClH/c1-13-7-8(6-12)11(14)9-4-2-3-5-10(9)13;/h2-5,7H,6H2,1H3;1H. The van der Waals surface area contributed by atoms with Gasteiger partial charge in [-0.3, -0.25) is 4.79 Å². The first-order chi connectivity index (χ1) is 6.74. The van der Waals surface area contributed by atoms with Gasteiger partial charge in [-0.2, -0.15) is 0 Å². The molecule has 2 nitrogen and oxygen atoms in total. The Kier molecular flexibility index (Phi) is 3.77. The number of hydrogen-bond donors (Lipinski definition) is 0. The minimum Gasteiger partial charge on any atom is -0.350 e. The van der Waals surface area contributed by atoms with E-state index in [1.807, 2.05) is 35.9 Å². The number of rotatable bonds is 1. The van der Waals surface area contributed by atoms with E-state index in [0.717, 1.165) is 10.9 Å². The van der Waals surface area contributed by atoms with Crippen molar-refractivity contribution in [1.82, 2.24) is 4.57 Å². The summed E-state index contributed by atoms with van der Waals surface area (Å²) in [6.45, 7) is 0. The number of nitrogens with zero attached hydrogens (tertiary/aromatic N) is 1. The first-order valence-electron chi connectivity index (χ1n) is 4.37. The quantitative estimate of drug-likeness (QED) is 0.707. The van der Waals surface area contributed by atoms with Gasteiger partial charge in [0, 0.05) is 24.2 Å². The van der Waals surface area contributed by atoms with Gasteiger partial charge in [0.25, 0.3) is 0 Å². The van der Waals surface area contributed by atoms with Crippen molar-refractivity contribution in [3.05, 3.63) is 46.2 Å². The third-order valence-electron chi connectivity index (χ3n) is 2.31. The third kappa shape index (κ3) is 2.01. The molecule has 0 spiro atoms. The Morgan fingerprint density at radius 1 is 1.33 bits per heavy atom.